The van der Waals surface area contributed by atoms with Gasteiger partial charge in [0.15, 0.2) is 0 Å². The number of hydrogen-bond donors (Lipinski definition) is 1. The van der Waals surface area contributed by atoms with Gasteiger partial charge >= 0.3 is 0 Å². The third-order valence-corrected chi connectivity index (χ3v) is 3.50. The molecule has 0 aliphatic carbocycles. The third-order valence-electron chi connectivity index (χ3n) is 3.50. The minimum Gasteiger partial charge on any atom is -0.316 e. The molecule has 0 bridgehead atoms. The van der Waals surface area contributed by atoms with Crippen molar-refractivity contribution in [1.29, 1.82) is 0 Å². The Bertz CT molecular complexity index is 185. The summed E-state index contributed by atoms with van der Waals surface area (Å²) in [6, 6.07) is 0. The number of hydrogen-bond acceptors (Lipinski definition) is 2. The van der Waals surface area contributed by atoms with Crippen LogP contribution in [0.2, 0.25) is 0 Å². The second-order valence-corrected chi connectivity index (χ2v) is 5.01. The van der Waals surface area contributed by atoms with E-state index in [2.05, 4.69) is 19.2 Å². The number of carbonyl (C=O) groups excluding carboxylic acids is 1. The number of ketones is 1. The van der Waals surface area contributed by atoms with Gasteiger partial charge in [-0.3, -0.25) is 4.79 Å². The Morgan fingerprint density at radius 3 is 2.93 bits per heavy atom. The Labute approximate surface area is 93.8 Å². The molecule has 1 fully saturated rings. The number of nitrogens with one attached hydrogen (secondary N) is 1. The van der Waals surface area contributed by atoms with Gasteiger partial charge in [0.25, 0.3) is 0 Å². The predicted molar refractivity (Wildman–Crippen MR) is 63.9 cm³/mol. The highest BCUT2D eigenvalue weighted by Gasteiger charge is 2.15. The zero-order valence-electron chi connectivity index (χ0n) is 10.2. The molecule has 0 spiro atoms. The summed E-state index contributed by atoms with van der Waals surface area (Å²) in [7, 11) is 0. The van der Waals surface area contributed by atoms with E-state index in [-0.39, 0.29) is 0 Å². The van der Waals surface area contributed by atoms with E-state index in [0.717, 1.165) is 44.7 Å². The van der Waals surface area contributed by atoms with Gasteiger partial charge in [-0.05, 0) is 44.2 Å². The molecule has 1 N–H and O–H groups in total. The van der Waals surface area contributed by atoms with Crippen LogP contribution in [0.15, 0.2) is 0 Å². The summed E-state index contributed by atoms with van der Waals surface area (Å²) in [6.45, 7) is 6.61. The summed E-state index contributed by atoms with van der Waals surface area (Å²) in [5.41, 5.74) is 0. The fourth-order valence-electron chi connectivity index (χ4n) is 2.17. The largest absolute Gasteiger partial charge is 0.316 e. The molecule has 2 unspecified atom stereocenters. The van der Waals surface area contributed by atoms with Crippen LogP contribution in [0.25, 0.3) is 0 Å². The van der Waals surface area contributed by atoms with Crippen molar-refractivity contribution < 1.29 is 4.79 Å². The highest BCUT2D eigenvalue weighted by Crippen LogP contribution is 2.17. The van der Waals surface area contributed by atoms with Crippen LogP contribution in [0.4, 0.5) is 0 Å². The third kappa shape index (κ3) is 5.31. The number of rotatable bonds is 6. The molecule has 0 radical (unpaired) electrons. The zero-order valence-corrected chi connectivity index (χ0v) is 10.2. The quantitative estimate of drug-likeness (QED) is 0.732. The summed E-state index contributed by atoms with van der Waals surface area (Å²) in [5, 5.41) is 3.40. The maximum Gasteiger partial charge on any atom is 0.133 e. The number of piperidine rings is 1. The SMILES string of the molecule is CCC(C)CC(=O)CCC1CCCNC1. The molecule has 0 aromatic rings. The van der Waals surface area contributed by atoms with Crippen molar-refractivity contribution in [3.8, 4) is 0 Å². The monoisotopic (exact) mass is 211 g/mol. The first-order valence-electron chi connectivity index (χ1n) is 6.44. The molecule has 0 aromatic carbocycles. The van der Waals surface area contributed by atoms with Crippen LogP contribution in [0.3, 0.4) is 0 Å². The Kier molecular flexibility index (Phi) is 5.92. The van der Waals surface area contributed by atoms with Gasteiger partial charge in [-0.25, -0.2) is 0 Å². The van der Waals surface area contributed by atoms with E-state index in [0.29, 0.717) is 11.7 Å². The van der Waals surface area contributed by atoms with Crippen LogP contribution in [-0.2, 0) is 4.79 Å². The first-order chi connectivity index (χ1) is 7.22. The molecule has 15 heavy (non-hydrogen) atoms. The van der Waals surface area contributed by atoms with Crippen LogP contribution in [-0.4, -0.2) is 18.9 Å². The average molecular weight is 211 g/mol. The lowest BCUT2D eigenvalue weighted by atomic mass is 9.91. The molecule has 2 nitrogen and oxygen atoms in total. The molecule has 1 heterocycles. The Morgan fingerprint density at radius 1 is 1.53 bits per heavy atom. The van der Waals surface area contributed by atoms with Crippen molar-refractivity contribution in [3.05, 3.63) is 0 Å². The number of Topliss-reactive ketones (excluding diaryl/α,β-unsaturated/α-hetero) is 1. The molecule has 1 saturated heterocycles. The van der Waals surface area contributed by atoms with Gasteiger partial charge < -0.3 is 5.32 Å². The summed E-state index contributed by atoms with van der Waals surface area (Å²) < 4.78 is 0. The summed E-state index contributed by atoms with van der Waals surface area (Å²) in [6.07, 6.45) is 6.40. The van der Waals surface area contributed by atoms with Crippen molar-refractivity contribution >= 4 is 5.78 Å². The molecule has 1 aliphatic rings. The lowest BCUT2D eigenvalue weighted by Crippen LogP contribution is -2.30. The Hall–Kier alpha value is -0.370. The summed E-state index contributed by atoms with van der Waals surface area (Å²) >= 11 is 0. The Morgan fingerprint density at radius 2 is 2.33 bits per heavy atom. The maximum absolute atomic E-state index is 11.6. The molecule has 2 heteroatoms. The van der Waals surface area contributed by atoms with Crippen molar-refractivity contribution in [2.45, 2.75) is 52.4 Å². The average Bonchev–Trinajstić information content (AvgIpc) is 2.27. The topological polar surface area (TPSA) is 29.1 Å². The second kappa shape index (κ2) is 7.00. The highest BCUT2D eigenvalue weighted by atomic mass is 16.1. The van der Waals surface area contributed by atoms with Gasteiger partial charge in [0.2, 0.25) is 0 Å². The smallest absolute Gasteiger partial charge is 0.133 e. The molecule has 0 amide bonds. The minimum atomic E-state index is 0.468. The van der Waals surface area contributed by atoms with Crippen LogP contribution < -0.4 is 5.32 Å². The second-order valence-electron chi connectivity index (χ2n) is 5.01. The van der Waals surface area contributed by atoms with Gasteiger partial charge in [-0.2, -0.15) is 0 Å². The lowest BCUT2D eigenvalue weighted by Gasteiger charge is -2.22. The molecular weight excluding hydrogens is 186 g/mol. The van der Waals surface area contributed by atoms with Crippen LogP contribution in [0, 0.1) is 11.8 Å². The van der Waals surface area contributed by atoms with E-state index in [1.807, 2.05) is 0 Å². The van der Waals surface area contributed by atoms with E-state index < -0.39 is 0 Å². The Balaban J connectivity index is 2.10. The van der Waals surface area contributed by atoms with Gasteiger partial charge in [-0.1, -0.05) is 20.3 Å². The lowest BCUT2D eigenvalue weighted by molar-refractivity contribution is -0.120. The van der Waals surface area contributed by atoms with E-state index in [1.54, 1.807) is 0 Å². The van der Waals surface area contributed by atoms with E-state index >= 15 is 0 Å². The minimum absolute atomic E-state index is 0.468. The molecule has 1 aliphatic heterocycles. The van der Waals surface area contributed by atoms with Crippen LogP contribution in [0.1, 0.15) is 52.4 Å². The molecule has 0 aromatic heterocycles. The van der Waals surface area contributed by atoms with Gasteiger partial charge in [0, 0.05) is 12.8 Å². The zero-order chi connectivity index (χ0) is 11.1. The van der Waals surface area contributed by atoms with E-state index in [4.69, 9.17) is 0 Å². The molecule has 2 atom stereocenters. The first-order valence-corrected chi connectivity index (χ1v) is 6.44. The summed E-state index contributed by atoms with van der Waals surface area (Å²) in [5.74, 6) is 1.79. The van der Waals surface area contributed by atoms with Crippen LogP contribution in [0.5, 0.6) is 0 Å². The van der Waals surface area contributed by atoms with E-state index in [1.165, 1.54) is 12.8 Å². The van der Waals surface area contributed by atoms with Gasteiger partial charge in [0.1, 0.15) is 5.78 Å². The van der Waals surface area contributed by atoms with Crippen molar-refractivity contribution in [3.63, 3.8) is 0 Å². The molecule has 0 saturated carbocycles. The standard InChI is InChI=1S/C13H25NO/c1-3-11(2)9-13(15)7-6-12-5-4-8-14-10-12/h11-12,14H,3-10H2,1-2H3. The van der Waals surface area contributed by atoms with Gasteiger partial charge in [-0.15, -0.1) is 0 Å². The van der Waals surface area contributed by atoms with E-state index in [9.17, 15) is 4.79 Å². The maximum atomic E-state index is 11.6. The molecule has 1 rings (SSSR count). The number of carbonyl (C=O) groups is 1. The fraction of sp³-hybridized carbons (Fsp3) is 0.923. The van der Waals surface area contributed by atoms with Gasteiger partial charge in [0.05, 0.1) is 0 Å². The first kappa shape index (κ1) is 12.7. The molecular formula is C13H25NO. The normalized spacial score (nSPS) is 23.7. The summed E-state index contributed by atoms with van der Waals surface area (Å²) in [4.78, 5) is 11.6. The van der Waals surface area contributed by atoms with Crippen molar-refractivity contribution in [2.75, 3.05) is 13.1 Å². The van der Waals surface area contributed by atoms with Crippen molar-refractivity contribution in [1.82, 2.24) is 5.32 Å². The highest BCUT2D eigenvalue weighted by molar-refractivity contribution is 5.78. The fourth-order valence-corrected chi connectivity index (χ4v) is 2.17. The van der Waals surface area contributed by atoms with Crippen LogP contribution >= 0.6 is 0 Å². The van der Waals surface area contributed by atoms with Crippen molar-refractivity contribution in [2.24, 2.45) is 11.8 Å². The molecule has 88 valence electrons. The predicted octanol–water partition coefficient (Wildman–Crippen LogP) is 2.77.